The van der Waals surface area contributed by atoms with Crippen LogP contribution in [0.1, 0.15) is 63.0 Å². The molecule has 2 atom stereocenters. The Morgan fingerprint density at radius 2 is 1.78 bits per heavy atom. The molecule has 1 N–H and O–H groups in total. The summed E-state index contributed by atoms with van der Waals surface area (Å²) in [6.07, 6.45) is 6.98. The molecule has 4 fully saturated rings. The van der Waals surface area contributed by atoms with Gasteiger partial charge in [0.15, 0.2) is 0 Å². The molecule has 1 aromatic rings. The quantitative estimate of drug-likeness (QED) is 0.774. The van der Waals surface area contributed by atoms with E-state index < -0.39 is 0 Å². The summed E-state index contributed by atoms with van der Waals surface area (Å²) < 4.78 is 4.97. The van der Waals surface area contributed by atoms with Gasteiger partial charge in [-0.25, -0.2) is 0 Å². The van der Waals surface area contributed by atoms with Gasteiger partial charge in [-0.2, -0.15) is 0 Å². The van der Waals surface area contributed by atoms with Crippen molar-refractivity contribution in [3.63, 3.8) is 0 Å². The normalized spacial score (nSPS) is 33.7. The molecule has 4 nitrogen and oxygen atoms in total. The van der Waals surface area contributed by atoms with E-state index in [0.717, 1.165) is 19.3 Å². The Morgan fingerprint density at radius 1 is 1.11 bits per heavy atom. The van der Waals surface area contributed by atoms with Crippen LogP contribution in [0.4, 0.5) is 0 Å². The van der Waals surface area contributed by atoms with Gasteiger partial charge in [-0.1, -0.05) is 29.8 Å². The van der Waals surface area contributed by atoms with Crippen LogP contribution in [0.25, 0.3) is 0 Å². The third kappa shape index (κ3) is 3.39. The van der Waals surface area contributed by atoms with Gasteiger partial charge in [0.05, 0.1) is 18.4 Å². The summed E-state index contributed by atoms with van der Waals surface area (Å²) >= 11 is 0. The molecule has 4 aliphatic rings. The molecule has 4 heteroatoms. The fourth-order valence-electron chi connectivity index (χ4n) is 6.47. The number of hydrogen-bond donors (Lipinski definition) is 1. The van der Waals surface area contributed by atoms with Gasteiger partial charge >= 0.3 is 5.97 Å². The lowest BCUT2D eigenvalue weighted by Gasteiger charge is -2.61. The van der Waals surface area contributed by atoms with E-state index in [0.29, 0.717) is 25.0 Å². The molecule has 4 bridgehead atoms. The standard InChI is InChI=1S/C23H31NO3/c1-3-27-20(25)8-9-24-21(26)23-13-17-10-18(14-23)12-22(11-17,15-23)19-6-4-16(2)5-7-19/h4-7,17-18H,3,8-15H2,1-2H3,(H,24,26). The van der Waals surface area contributed by atoms with Crippen LogP contribution in [0.3, 0.4) is 0 Å². The minimum atomic E-state index is -0.246. The van der Waals surface area contributed by atoms with Crippen LogP contribution in [-0.2, 0) is 19.7 Å². The van der Waals surface area contributed by atoms with Gasteiger partial charge in [0, 0.05) is 6.54 Å². The number of nitrogens with one attached hydrogen (secondary N) is 1. The van der Waals surface area contributed by atoms with Crippen molar-refractivity contribution in [2.45, 2.75) is 64.2 Å². The summed E-state index contributed by atoms with van der Waals surface area (Å²) in [6, 6.07) is 8.99. The van der Waals surface area contributed by atoms with E-state index in [4.69, 9.17) is 4.74 Å². The zero-order chi connectivity index (χ0) is 19.1. The van der Waals surface area contributed by atoms with Crippen molar-refractivity contribution in [2.24, 2.45) is 17.3 Å². The molecule has 5 rings (SSSR count). The molecule has 0 radical (unpaired) electrons. The third-order valence-corrected chi connectivity index (χ3v) is 7.13. The molecule has 0 aromatic heterocycles. The second-order valence-electron chi connectivity index (χ2n) is 9.20. The summed E-state index contributed by atoms with van der Waals surface area (Å²) in [6.45, 7) is 4.70. The summed E-state index contributed by atoms with van der Waals surface area (Å²) in [5.74, 6) is 1.24. The summed E-state index contributed by atoms with van der Waals surface area (Å²) in [4.78, 5) is 24.8. The average molecular weight is 370 g/mol. The van der Waals surface area contributed by atoms with E-state index in [1.807, 2.05) is 0 Å². The zero-order valence-corrected chi connectivity index (χ0v) is 16.6. The van der Waals surface area contributed by atoms with Crippen molar-refractivity contribution in [2.75, 3.05) is 13.2 Å². The number of aryl methyl sites for hydroxylation is 1. The van der Waals surface area contributed by atoms with Crippen LogP contribution in [-0.4, -0.2) is 25.0 Å². The van der Waals surface area contributed by atoms with Crippen LogP contribution in [0.2, 0.25) is 0 Å². The van der Waals surface area contributed by atoms with E-state index in [9.17, 15) is 9.59 Å². The lowest BCUT2D eigenvalue weighted by Crippen LogP contribution is -2.59. The predicted octanol–water partition coefficient (Wildman–Crippen LogP) is 3.90. The van der Waals surface area contributed by atoms with Crippen LogP contribution >= 0.6 is 0 Å². The molecular weight excluding hydrogens is 338 g/mol. The number of benzene rings is 1. The summed E-state index contributed by atoms with van der Waals surface area (Å²) in [5.41, 5.74) is 2.63. The maximum Gasteiger partial charge on any atom is 0.307 e. The molecule has 4 saturated carbocycles. The lowest BCUT2D eigenvalue weighted by molar-refractivity contribution is -0.149. The Bertz CT molecular complexity index is 710. The number of ether oxygens (including phenoxy) is 1. The fourth-order valence-corrected chi connectivity index (χ4v) is 6.47. The maximum atomic E-state index is 13.2. The second kappa shape index (κ2) is 6.96. The molecule has 4 aliphatic carbocycles. The number of hydrogen-bond acceptors (Lipinski definition) is 3. The molecular formula is C23H31NO3. The van der Waals surface area contributed by atoms with E-state index in [2.05, 4.69) is 36.5 Å². The minimum Gasteiger partial charge on any atom is -0.466 e. The SMILES string of the molecule is CCOC(=O)CCNC(=O)C12CC3CC(C1)CC(c1ccc(C)cc1)(C3)C2. The van der Waals surface area contributed by atoms with Crippen molar-refractivity contribution >= 4 is 11.9 Å². The second-order valence-corrected chi connectivity index (χ2v) is 9.20. The van der Waals surface area contributed by atoms with Crippen molar-refractivity contribution in [3.05, 3.63) is 35.4 Å². The number of rotatable bonds is 6. The van der Waals surface area contributed by atoms with Gasteiger partial charge in [0.2, 0.25) is 5.91 Å². The Labute approximate surface area is 162 Å². The highest BCUT2D eigenvalue weighted by molar-refractivity contribution is 5.84. The zero-order valence-electron chi connectivity index (χ0n) is 16.6. The highest BCUT2D eigenvalue weighted by Crippen LogP contribution is 2.65. The highest BCUT2D eigenvalue weighted by Gasteiger charge is 2.60. The van der Waals surface area contributed by atoms with Gasteiger partial charge in [0.25, 0.3) is 0 Å². The summed E-state index contributed by atoms with van der Waals surface area (Å²) in [5, 5.41) is 3.07. The molecule has 0 spiro atoms. The maximum absolute atomic E-state index is 13.2. The van der Waals surface area contributed by atoms with Crippen LogP contribution in [0, 0.1) is 24.2 Å². The fraction of sp³-hybridized carbons (Fsp3) is 0.652. The van der Waals surface area contributed by atoms with E-state index >= 15 is 0 Å². The highest BCUT2D eigenvalue weighted by atomic mass is 16.5. The first-order valence-electron chi connectivity index (χ1n) is 10.5. The summed E-state index contributed by atoms with van der Waals surface area (Å²) in [7, 11) is 0. The Balaban J connectivity index is 1.50. The number of esters is 1. The number of carbonyl (C=O) groups is 2. The van der Waals surface area contributed by atoms with Gasteiger partial charge in [-0.05, 0) is 75.2 Å². The molecule has 146 valence electrons. The van der Waals surface area contributed by atoms with Crippen molar-refractivity contribution in [1.82, 2.24) is 5.32 Å². The molecule has 27 heavy (non-hydrogen) atoms. The van der Waals surface area contributed by atoms with E-state index in [1.165, 1.54) is 30.4 Å². The third-order valence-electron chi connectivity index (χ3n) is 7.13. The smallest absolute Gasteiger partial charge is 0.307 e. The van der Waals surface area contributed by atoms with E-state index in [1.54, 1.807) is 6.92 Å². The molecule has 0 heterocycles. The molecule has 1 aromatic carbocycles. The molecule has 2 unspecified atom stereocenters. The first kappa shape index (κ1) is 18.5. The molecule has 1 amide bonds. The van der Waals surface area contributed by atoms with Crippen LogP contribution < -0.4 is 5.32 Å². The Morgan fingerprint density at radius 3 is 2.41 bits per heavy atom. The topological polar surface area (TPSA) is 55.4 Å². The first-order valence-corrected chi connectivity index (χ1v) is 10.5. The van der Waals surface area contributed by atoms with E-state index in [-0.39, 0.29) is 29.1 Å². The first-order chi connectivity index (χ1) is 12.9. The monoisotopic (exact) mass is 369 g/mol. The van der Waals surface area contributed by atoms with Crippen molar-refractivity contribution < 1.29 is 14.3 Å². The predicted molar refractivity (Wildman–Crippen MR) is 104 cm³/mol. The van der Waals surface area contributed by atoms with Crippen LogP contribution in [0.15, 0.2) is 24.3 Å². The number of amides is 1. The van der Waals surface area contributed by atoms with Crippen molar-refractivity contribution in [3.8, 4) is 0 Å². The molecule has 0 aliphatic heterocycles. The Kier molecular flexibility index (Phi) is 4.77. The minimum absolute atomic E-state index is 0.163. The Hall–Kier alpha value is -1.84. The van der Waals surface area contributed by atoms with Gasteiger partial charge < -0.3 is 10.1 Å². The largest absolute Gasteiger partial charge is 0.466 e. The molecule has 0 saturated heterocycles. The van der Waals surface area contributed by atoms with Gasteiger partial charge in [-0.15, -0.1) is 0 Å². The average Bonchev–Trinajstić information content (AvgIpc) is 2.61. The van der Waals surface area contributed by atoms with Gasteiger partial charge in [0.1, 0.15) is 0 Å². The number of carbonyl (C=O) groups excluding carboxylic acids is 2. The van der Waals surface area contributed by atoms with Gasteiger partial charge in [-0.3, -0.25) is 9.59 Å². The lowest BCUT2D eigenvalue weighted by atomic mass is 9.42. The van der Waals surface area contributed by atoms with Crippen molar-refractivity contribution in [1.29, 1.82) is 0 Å². The van der Waals surface area contributed by atoms with Crippen LogP contribution in [0.5, 0.6) is 0 Å².